The number of carbonyl (C=O) groups excluding carboxylic acids is 1. The Bertz CT molecular complexity index is 282. The van der Waals surface area contributed by atoms with Crippen LogP contribution in [0.1, 0.15) is 20.3 Å². The van der Waals surface area contributed by atoms with E-state index in [0.29, 0.717) is 25.4 Å². The first kappa shape index (κ1) is 16.1. The van der Waals surface area contributed by atoms with Gasteiger partial charge in [-0.1, -0.05) is 0 Å². The number of nitrogens with one attached hydrogen (secondary N) is 1. The lowest BCUT2D eigenvalue weighted by Crippen LogP contribution is -2.43. The second-order valence-corrected chi connectivity index (χ2v) is 5.07. The van der Waals surface area contributed by atoms with Gasteiger partial charge in [-0.05, 0) is 13.3 Å². The molecule has 2 N–H and O–H groups in total. The summed E-state index contributed by atoms with van der Waals surface area (Å²) in [6, 6.07) is -1.08. The molecular weight excluding hydrogens is 246 g/mol. The fourth-order valence-electron chi connectivity index (χ4n) is 1.16. The molecule has 0 aliphatic rings. The summed E-state index contributed by atoms with van der Waals surface area (Å²) in [6.07, 6.45) is 0.618. The average molecular weight is 265 g/mol. The molecule has 0 bridgehead atoms. The van der Waals surface area contributed by atoms with Crippen molar-refractivity contribution in [2.45, 2.75) is 26.3 Å². The zero-order chi connectivity index (χ0) is 13.3. The molecule has 100 valence electrons. The highest BCUT2D eigenvalue weighted by Gasteiger charge is 2.20. The molecule has 0 aromatic carbocycles. The Hall–Kier alpha value is -0.950. The Morgan fingerprint density at radius 1 is 1.47 bits per heavy atom. The number of hydrogen-bond acceptors (Lipinski definition) is 4. The van der Waals surface area contributed by atoms with Crippen molar-refractivity contribution in [3.05, 3.63) is 0 Å². The van der Waals surface area contributed by atoms with Gasteiger partial charge in [-0.3, -0.25) is 9.00 Å². The van der Waals surface area contributed by atoms with Crippen LogP contribution in [0.15, 0.2) is 0 Å². The first-order valence-electron chi connectivity index (χ1n) is 5.40. The maximum Gasteiger partial charge on any atom is 0.327 e. The van der Waals surface area contributed by atoms with Crippen molar-refractivity contribution in [2.24, 2.45) is 0 Å². The molecule has 0 radical (unpaired) electrons. The van der Waals surface area contributed by atoms with E-state index in [9.17, 15) is 13.8 Å². The normalized spacial score (nSPS) is 14.0. The largest absolute Gasteiger partial charge is 0.480 e. The minimum Gasteiger partial charge on any atom is -0.480 e. The summed E-state index contributed by atoms with van der Waals surface area (Å²) in [5.41, 5.74) is 0. The third-order valence-corrected chi connectivity index (χ3v) is 3.34. The molecule has 6 nitrogen and oxygen atoms in total. The van der Waals surface area contributed by atoms with E-state index in [1.165, 1.54) is 6.92 Å². The van der Waals surface area contributed by atoms with Crippen LogP contribution in [0, 0.1) is 0 Å². The van der Waals surface area contributed by atoms with Gasteiger partial charge < -0.3 is 15.2 Å². The van der Waals surface area contributed by atoms with Crippen LogP contribution in [0.4, 0.5) is 0 Å². The molecule has 0 aromatic rings. The van der Waals surface area contributed by atoms with Crippen molar-refractivity contribution in [1.82, 2.24) is 5.32 Å². The van der Waals surface area contributed by atoms with Gasteiger partial charge in [0, 0.05) is 36.7 Å². The van der Waals surface area contributed by atoms with Gasteiger partial charge in [-0.15, -0.1) is 0 Å². The second kappa shape index (κ2) is 9.12. The maximum atomic E-state index is 11.5. The van der Waals surface area contributed by atoms with E-state index in [4.69, 9.17) is 9.84 Å². The molecule has 2 atom stereocenters. The van der Waals surface area contributed by atoms with Crippen molar-refractivity contribution >= 4 is 22.7 Å². The fourth-order valence-corrected chi connectivity index (χ4v) is 2.36. The van der Waals surface area contributed by atoms with E-state index < -0.39 is 28.7 Å². The molecule has 17 heavy (non-hydrogen) atoms. The van der Waals surface area contributed by atoms with Crippen molar-refractivity contribution in [3.63, 3.8) is 0 Å². The smallest absolute Gasteiger partial charge is 0.327 e. The molecule has 1 unspecified atom stereocenters. The van der Waals surface area contributed by atoms with Gasteiger partial charge in [0.2, 0.25) is 5.91 Å². The van der Waals surface area contributed by atoms with Gasteiger partial charge in [0.1, 0.15) is 6.04 Å². The van der Waals surface area contributed by atoms with Gasteiger partial charge in [-0.2, -0.15) is 0 Å². The van der Waals surface area contributed by atoms with Crippen LogP contribution in [0.3, 0.4) is 0 Å². The molecule has 0 fully saturated rings. The Morgan fingerprint density at radius 2 is 2.12 bits per heavy atom. The number of aliphatic carboxylic acids is 1. The topological polar surface area (TPSA) is 92.7 Å². The first-order valence-corrected chi connectivity index (χ1v) is 6.88. The monoisotopic (exact) mass is 265 g/mol. The van der Waals surface area contributed by atoms with Gasteiger partial charge in [0.25, 0.3) is 0 Å². The van der Waals surface area contributed by atoms with Crippen molar-refractivity contribution in [1.29, 1.82) is 0 Å². The Balaban J connectivity index is 3.96. The van der Waals surface area contributed by atoms with E-state index in [-0.39, 0.29) is 5.75 Å². The van der Waals surface area contributed by atoms with Crippen LogP contribution in [0.5, 0.6) is 0 Å². The quantitative estimate of drug-likeness (QED) is 0.561. The molecule has 0 saturated heterocycles. The second-order valence-electron chi connectivity index (χ2n) is 3.45. The zero-order valence-electron chi connectivity index (χ0n) is 10.1. The molecule has 0 heterocycles. The number of hydrogen-bond donors (Lipinski definition) is 2. The van der Waals surface area contributed by atoms with Crippen LogP contribution in [0.2, 0.25) is 0 Å². The molecule has 1 amide bonds. The molecule has 7 heteroatoms. The van der Waals surface area contributed by atoms with E-state index in [1.54, 1.807) is 0 Å². The summed E-state index contributed by atoms with van der Waals surface area (Å²) in [5.74, 6) is -1.30. The molecule has 0 aromatic heterocycles. The molecular formula is C10H19NO5S. The van der Waals surface area contributed by atoms with Crippen molar-refractivity contribution in [3.8, 4) is 0 Å². The number of rotatable bonds is 9. The SMILES string of the molecule is CCOCCCS(=O)C[C@H](NC(C)=O)C(=O)O. The van der Waals surface area contributed by atoms with Crippen LogP contribution in [0.25, 0.3) is 0 Å². The van der Waals surface area contributed by atoms with E-state index >= 15 is 0 Å². The lowest BCUT2D eigenvalue weighted by molar-refractivity contribution is -0.140. The van der Waals surface area contributed by atoms with Crippen LogP contribution in [-0.2, 0) is 25.1 Å². The number of carboxylic acids is 1. The van der Waals surface area contributed by atoms with Gasteiger partial charge in [0.05, 0.1) is 5.75 Å². The van der Waals surface area contributed by atoms with Gasteiger partial charge in [0.15, 0.2) is 0 Å². The predicted molar refractivity (Wildman–Crippen MR) is 64.2 cm³/mol. The minimum absolute atomic E-state index is 0.0684. The lowest BCUT2D eigenvalue weighted by atomic mass is 10.3. The highest BCUT2D eigenvalue weighted by atomic mass is 32.2. The van der Waals surface area contributed by atoms with E-state index in [0.717, 1.165) is 0 Å². The van der Waals surface area contributed by atoms with E-state index in [1.807, 2.05) is 6.92 Å². The molecule has 0 aliphatic heterocycles. The average Bonchev–Trinajstić information content (AvgIpc) is 2.22. The summed E-state index contributed by atoms with van der Waals surface area (Å²) in [5, 5.41) is 11.1. The van der Waals surface area contributed by atoms with Crippen LogP contribution in [-0.4, -0.2) is 52.0 Å². The predicted octanol–water partition coefficient (Wildman–Crippen LogP) is -0.249. The number of amides is 1. The zero-order valence-corrected chi connectivity index (χ0v) is 10.9. The highest BCUT2D eigenvalue weighted by molar-refractivity contribution is 7.85. The van der Waals surface area contributed by atoms with Gasteiger partial charge >= 0.3 is 5.97 Å². The van der Waals surface area contributed by atoms with Crippen molar-refractivity contribution < 1.29 is 23.6 Å². The Kier molecular flexibility index (Phi) is 8.61. The third kappa shape index (κ3) is 8.82. The van der Waals surface area contributed by atoms with Gasteiger partial charge in [-0.25, -0.2) is 4.79 Å². The number of ether oxygens (including phenoxy) is 1. The maximum absolute atomic E-state index is 11.5. The minimum atomic E-state index is -1.27. The first-order chi connectivity index (χ1) is 7.97. The number of carboxylic acid groups (broad SMARTS) is 1. The summed E-state index contributed by atoms with van der Waals surface area (Å²) < 4.78 is 16.6. The summed E-state index contributed by atoms with van der Waals surface area (Å²) >= 11 is 0. The standard InChI is InChI=1S/C10H19NO5S/c1-3-16-5-4-6-17(15)7-9(10(13)14)11-8(2)12/h9H,3-7H2,1-2H3,(H,11,12)(H,13,14)/t9-,17?/m0/s1. The Morgan fingerprint density at radius 3 is 2.59 bits per heavy atom. The highest BCUT2D eigenvalue weighted by Crippen LogP contribution is 1.95. The number of carbonyl (C=O) groups is 2. The van der Waals surface area contributed by atoms with E-state index in [2.05, 4.69) is 5.32 Å². The summed E-state index contributed by atoms with van der Waals surface area (Å²) in [7, 11) is -1.27. The fraction of sp³-hybridized carbons (Fsp3) is 0.800. The molecule has 0 saturated carbocycles. The molecule has 0 spiro atoms. The molecule has 0 aliphatic carbocycles. The third-order valence-electron chi connectivity index (χ3n) is 1.89. The Labute approximate surface area is 103 Å². The summed E-state index contributed by atoms with van der Waals surface area (Å²) in [6.45, 7) is 4.22. The van der Waals surface area contributed by atoms with Crippen LogP contribution < -0.4 is 5.32 Å². The molecule has 0 rings (SSSR count). The summed E-state index contributed by atoms with van der Waals surface area (Å²) in [4.78, 5) is 21.5. The van der Waals surface area contributed by atoms with Crippen molar-refractivity contribution in [2.75, 3.05) is 24.7 Å². The van der Waals surface area contributed by atoms with Crippen LogP contribution >= 0.6 is 0 Å². The lowest BCUT2D eigenvalue weighted by Gasteiger charge is -2.12.